The Hall–Kier alpha value is -1.73. The third kappa shape index (κ3) is 3.87. The number of aliphatic carboxylic acids is 1. The topological polar surface area (TPSA) is 83.5 Å². The van der Waals surface area contributed by atoms with Crippen LogP contribution in [0.2, 0.25) is 0 Å². The Morgan fingerprint density at radius 3 is 2.74 bits per heavy atom. The number of benzene rings is 1. The van der Waals surface area contributed by atoms with Gasteiger partial charge in [0.15, 0.2) is 0 Å². The Balaban J connectivity index is 3.13. The molecule has 0 aliphatic heterocycles. The molecule has 19 heavy (non-hydrogen) atoms. The number of hydrogen-bond donors (Lipinski definition) is 2. The van der Waals surface area contributed by atoms with Gasteiger partial charge in [-0.05, 0) is 31.0 Å². The van der Waals surface area contributed by atoms with Crippen LogP contribution in [-0.4, -0.2) is 25.5 Å². The first kappa shape index (κ1) is 15.3. The molecule has 0 spiro atoms. The summed E-state index contributed by atoms with van der Waals surface area (Å²) >= 11 is 0. The second-order valence-corrected chi connectivity index (χ2v) is 5.63. The number of carboxylic acid groups (broad SMARTS) is 1. The summed E-state index contributed by atoms with van der Waals surface area (Å²) in [6.45, 7) is 4.86. The molecule has 1 aromatic carbocycles. The number of halogens is 1. The fraction of sp³-hybridized carbons (Fsp3) is 0.250. The monoisotopic (exact) mass is 287 g/mol. The lowest BCUT2D eigenvalue weighted by Crippen LogP contribution is -2.40. The van der Waals surface area contributed by atoms with Crippen LogP contribution in [0, 0.1) is 12.7 Å². The van der Waals surface area contributed by atoms with Crippen molar-refractivity contribution in [2.75, 3.05) is 0 Å². The third-order valence-corrected chi connectivity index (χ3v) is 4.05. The van der Waals surface area contributed by atoms with Crippen molar-refractivity contribution in [2.45, 2.75) is 24.3 Å². The van der Waals surface area contributed by atoms with Crippen LogP contribution in [0.4, 0.5) is 4.39 Å². The van der Waals surface area contributed by atoms with E-state index in [-0.39, 0.29) is 11.3 Å². The Morgan fingerprint density at radius 1 is 1.58 bits per heavy atom. The second kappa shape index (κ2) is 5.94. The van der Waals surface area contributed by atoms with Crippen LogP contribution in [0.5, 0.6) is 0 Å². The van der Waals surface area contributed by atoms with Gasteiger partial charge in [0, 0.05) is 0 Å². The smallest absolute Gasteiger partial charge is 0.322 e. The predicted molar refractivity (Wildman–Crippen MR) is 67.7 cm³/mol. The van der Waals surface area contributed by atoms with Crippen molar-refractivity contribution in [2.24, 2.45) is 0 Å². The van der Waals surface area contributed by atoms with E-state index >= 15 is 0 Å². The summed E-state index contributed by atoms with van der Waals surface area (Å²) in [5.41, 5.74) is 0.330. The Labute approximate surface area is 110 Å². The van der Waals surface area contributed by atoms with Crippen LogP contribution in [0.25, 0.3) is 0 Å². The van der Waals surface area contributed by atoms with Crippen LogP contribution < -0.4 is 4.72 Å². The van der Waals surface area contributed by atoms with E-state index in [2.05, 4.69) is 6.58 Å². The molecule has 0 aliphatic rings. The molecule has 5 nitrogen and oxygen atoms in total. The lowest BCUT2D eigenvalue weighted by molar-refractivity contribution is -0.138. The van der Waals surface area contributed by atoms with E-state index in [1.165, 1.54) is 19.1 Å². The SMILES string of the molecule is C=CCC(NS(=O)(=O)c1cc(F)ccc1C)C(=O)O. The predicted octanol–water partition coefficient (Wildman–Crippen LogP) is 1.44. The Morgan fingerprint density at radius 2 is 2.21 bits per heavy atom. The first-order valence-corrected chi connectivity index (χ1v) is 6.88. The molecule has 0 aliphatic carbocycles. The molecular weight excluding hydrogens is 273 g/mol. The number of carbonyl (C=O) groups is 1. The van der Waals surface area contributed by atoms with E-state index in [4.69, 9.17) is 5.11 Å². The van der Waals surface area contributed by atoms with Gasteiger partial charge in [-0.1, -0.05) is 12.1 Å². The van der Waals surface area contributed by atoms with Crippen LogP contribution >= 0.6 is 0 Å². The largest absolute Gasteiger partial charge is 0.480 e. The van der Waals surface area contributed by atoms with Gasteiger partial charge >= 0.3 is 5.97 Å². The lowest BCUT2D eigenvalue weighted by atomic mass is 10.2. The van der Waals surface area contributed by atoms with Gasteiger partial charge in [-0.15, -0.1) is 6.58 Å². The van der Waals surface area contributed by atoms with E-state index < -0.39 is 27.9 Å². The van der Waals surface area contributed by atoms with Gasteiger partial charge in [-0.3, -0.25) is 4.79 Å². The molecule has 1 rings (SSSR count). The average Bonchev–Trinajstić information content (AvgIpc) is 2.31. The molecule has 2 N–H and O–H groups in total. The number of aryl methyl sites for hydroxylation is 1. The Bertz CT molecular complexity index is 598. The molecule has 0 radical (unpaired) electrons. The summed E-state index contributed by atoms with van der Waals surface area (Å²) in [7, 11) is -4.10. The van der Waals surface area contributed by atoms with Crippen molar-refractivity contribution in [1.29, 1.82) is 0 Å². The molecule has 1 unspecified atom stereocenters. The first-order chi connectivity index (χ1) is 8.77. The van der Waals surface area contributed by atoms with E-state index in [1.807, 2.05) is 4.72 Å². The summed E-state index contributed by atoms with van der Waals surface area (Å²) in [6.07, 6.45) is 1.22. The quantitative estimate of drug-likeness (QED) is 0.775. The van der Waals surface area contributed by atoms with Gasteiger partial charge in [-0.2, -0.15) is 4.72 Å². The molecule has 7 heteroatoms. The average molecular weight is 287 g/mol. The van der Waals surface area contributed by atoms with Gasteiger partial charge in [0.25, 0.3) is 0 Å². The van der Waals surface area contributed by atoms with E-state index in [1.54, 1.807) is 0 Å². The zero-order chi connectivity index (χ0) is 14.6. The second-order valence-electron chi connectivity index (χ2n) is 3.95. The maximum absolute atomic E-state index is 13.1. The zero-order valence-corrected chi connectivity index (χ0v) is 11.1. The summed E-state index contributed by atoms with van der Waals surface area (Å²) in [4.78, 5) is 10.6. The molecule has 0 saturated heterocycles. The van der Waals surface area contributed by atoms with E-state index in [0.29, 0.717) is 5.56 Å². The minimum absolute atomic E-state index is 0.0665. The van der Waals surface area contributed by atoms with Gasteiger partial charge < -0.3 is 5.11 Å². The molecule has 0 aromatic heterocycles. The third-order valence-electron chi connectivity index (χ3n) is 2.44. The molecule has 1 aromatic rings. The van der Waals surface area contributed by atoms with Gasteiger partial charge in [0.05, 0.1) is 4.90 Å². The molecule has 0 amide bonds. The molecule has 1 atom stereocenters. The van der Waals surface area contributed by atoms with Crippen LogP contribution in [0.3, 0.4) is 0 Å². The molecule has 0 bridgehead atoms. The summed E-state index contributed by atoms with van der Waals surface area (Å²) in [5.74, 6) is -2.03. The molecular formula is C12H14FNO4S. The van der Waals surface area contributed by atoms with Crippen molar-refractivity contribution in [3.05, 3.63) is 42.2 Å². The first-order valence-electron chi connectivity index (χ1n) is 5.40. The van der Waals surface area contributed by atoms with Crippen LogP contribution in [0.1, 0.15) is 12.0 Å². The van der Waals surface area contributed by atoms with Crippen molar-refractivity contribution >= 4 is 16.0 Å². The summed E-state index contributed by atoms with van der Waals surface area (Å²) in [5, 5.41) is 8.89. The highest BCUT2D eigenvalue weighted by atomic mass is 32.2. The lowest BCUT2D eigenvalue weighted by Gasteiger charge is -2.14. The van der Waals surface area contributed by atoms with Crippen molar-refractivity contribution in [1.82, 2.24) is 4.72 Å². The zero-order valence-electron chi connectivity index (χ0n) is 10.3. The number of carboxylic acids is 1. The molecule has 0 fully saturated rings. The van der Waals surface area contributed by atoms with Gasteiger partial charge in [0.2, 0.25) is 10.0 Å². The van der Waals surface area contributed by atoms with Crippen molar-refractivity contribution in [3.8, 4) is 0 Å². The normalized spacial score (nSPS) is 12.9. The summed E-state index contributed by atoms with van der Waals surface area (Å²) < 4.78 is 39.1. The standard InChI is InChI=1S/C12H14FNO4S/c1-3-4-10(12(15)16)14-19(17,18)11-7-9(13)6-5-8(11)2/h3,5-7,10,14H,1,4H2,2H3,(H,15,16). The summed E-state index contributed by atoms with van der Waals surface area (Å²) in [6, 6.07) is 1.97. The van der Waals surface area contributed by atoms with Gasteiger partial charge in [-0.25, -0.2) is 12.8 Å². The minimum atomic E-state index is -4.10. The van der Waals surface area contributed by atoms with E-state index in [9.17, 15) is 17.6 Å². The minimum Gasteiger partial charge on any atom is -0.480 e. The van der Waals surface area contributed by atoms with Crippen LogP contribution in [0.15, 0.2) is 35.7 Å². The number of rotatable bonds is 6. The number of nitrogens with one attached hydrogen (secondary N) is 1. The number of sulfonamides is 1. The highest BCUT2D eigenvalue weighted by molar-refractivity contribution is 7.89. The van der Waals surface area contributed by atoms with Gasteiger partial charge in [0.1, 0.15) is 11.9 Å². The van der Waals surface area contributed by atoms with Crippen molar-refractivity contribution < 1.29 is 22.7 Å². The maximum Gasteiger partial charge on any atom is 0.322 e. The van der Waals surface area contributed by atoms with Crippen molar-refractivity contribution in [3.63, 3.8) is 0 Å². The molecule has 0 heterocycles. The van der Waals surface area contributed by atoms with Crippen LogP contribution in [-0.2, 0) is 14.8 Å². The highest BCUT2D eigenvalue weighted by Gasteiger charge is 2.25. The number of hydrogen-bond acceptors (Lipinski definition) is 3. The highest BCUT2D eigenvalue weighted by Crippen LogP contribution is 2.17. The fourth-order valence-corrected chi connectivity index (χ4v) is 2.94. The van der Waals surface area contributed by atoms with E-state index in [0.717, 1.165) is 12.1 Å². The Kier molecular flexibility index (Phi) is 4.79. The fourth-order valence-electron chi connectivity index (χ4n) is 1.48. The molecule has 0 saturated carbocycles. The molecule has 104 valence electrons. The maximum atomic E-state index is 13.1.